The summed E-state index contributed by atoms with van der Waals surface area (Å²) in [6.45, 7) is 3.36. The van der Waals surface area contributed by atoms with E-state index in [9.17, 15) is 0 Å². The number of anilines is 1. The molecule has 4 nitrogen and oxygen atoms in total. The third-order valence-corrected chi connectivity index (χ3v) is 5.34. The summed E-state index contributed by atoms with van der Waals surface area (Å²) < 4.78 is 6.35. The largest absolute Gasteiger partial charge is 0.383 e. The monoisotopic (exact) mass is 397 g/mol. The first kappa shape index (κ1) is 17.9. The zero-order chi connectivity index (χ0) is 13.7. The maximum absolute atomic E-state index is 5.67. The molecule has 0 aliphatic rings. The van der Waals surface area contributed by atoms with E-state index in [1.165, 1.54) is 14.2 Å². The van der Waals surface area contributed by atoms with E-state index in [0.29, 0.717) is 5.13 Å². The maximum atomic E-state index is 5.67. The summed E-state index contributed by atoms with van der Waals surface area (Å²) in [6.07, 6.45) is 1.85. The van der Waals surface area contributed by atoms with Gasteiger partial charge in [-0.3, -0.25) is 4.90 Å². The van der Waals surface area contributed by atoms with E-state index in [1.807, 2.05) is 6.20 Å². The molecule has 0 aliphatic heterocycles. The Kier molecular flexibility index (Phi) is 8.01. The van der Waals surface area contributed by atoms with Crippen molar-refractivity contribution in [1.29, 1.82) is 0 Å². The van der Waals surface area contributed by atoms with Crippen molar-refractivity contribution in [3.8, 4) is 0 Å². The van der Waals surface area contributed by atoms with Crippen molar-refractivity contribution >= 4 is 56.1 Å². The van der Waals surface area contributed by atoms with Gasteiger partial charge in [-0.25, -0.2) is 4.98 Å². The minimum absolute atomic E-state index is 0. The van der Waals surface area contributed by atoms with Crippen LogP contribution >= 0.6 is 51.0 Å². The van der Waals surface area contributed by atoms with Crippen LogP contribution in [-0.2, 0) is 17.8 Å². The highest BCUT2D eigenvalue weighted by atomic mass is 79.9. The van der Waals surface area contributed by atoms with E-state index in [0.717, 1.165) is 26.2 Å². The molecule has 0 amide bonds. The summed E-state index contributed by atoms with van der Waals surface area (Å²) in [6, 6.07) is 2.08. The van der Waals surface area contributed by atoms with E-state index < -0.39 is 0 Å². The lowest BCUT2D eigenvalue weighted by atomic mass is 10.3. The fourth-order valence-electron chi connectivity index (χ4n) is 1.69. The first-order valence-corrected chi connectivity index (χ1v) is 8.31. The van der Waals surface area contributed by atoms with E-state index in [-0.39, 0.29) is 12.4 Å². The first-order chi connectivity index (χ1) is 9.19. The molecule has 112 valence electrons. The summed E-state index contributed by atoms with van der Waals surface area (Å²) in [4.78, 5) is 8.95. The standard InChI is InChI=1S/C12H16BrN3OS2.ClH/c1-17-4-3-16(7-9-6-15-12(14)19-9)8-11-10(13)2-5-18-11;/h2,5-6H,3-4,7-8H2,1H3,(H2,14,15);1H. The molecule has 2 rings (SSSR count). The first-order valence-electron chi connectivity index (χ1n) is 5.82. The van der Waals surface area contributed by atoms with Crippen molar-refractivity contribution in [3.05, 3.63) is 31.9 Å². The van der Waals surface area contributed by atoms with E-state index in [4.69, 9.17) is 10.5 Å². The zero-order valence-electron chi connectivity index (χ0n) is 11.0. The SMILES string of the molecule is COCCN(Cc1cnc(N)s1)Cc1sccc1Br.Cl. The Balaban J connectivity index is 0.00000200. The molecule has 0 aromatic carbocycles. The van der Waals surface area contributed by atoms with Gasteiger partial charge < -0.3 is 10.5 Å². The number of aromatic nitrogens is 1. The van der Waals surface area contributed by atoms with Crippen LogP contribution in [0.1, 0.15) is 9.75 Å². The highest BCUT2D eigenvalue weighted by Crippen LogP contribution is 2.25. The highest BCUT2D eigenvalue weighted by Gasteiger charge is 2.11. The van der Waals surface area contributed by atoms with Gasteiger partial charge in [0.15, 0.2) is 5.13 Å². The van der Waals surface area contributed by atoms with Gasteiger partial charge in [-0.05, 0) is 27.4 Å². The van der Waals surface area contributed by atoms with Crippen LogP contribution in [0.2, 0.25) is 0 Å². The molecule has 2 heterocycles. The van der Waals surface area contributed by atoms with Crippen molar-refractivity contribution in [2.75, 3.05) is 26.0 Å². The molecule has 0 atom stereocenters. The molecule has 2 aromatic heterocycles. The quantitative estimate of drug-likeness (QED) is 0.774. The minimum Gasteiger partial charge on any atom is -0.383 e. The molecule has 0 aliphatic carbocycles. The van der Waals surface area contributed by atoms with E-state index in [2.05, 4.69) is 37.3 Å². The number of hydrogen-bond donors (Lipinski definition) is 1. The van der Waals surface area contributed by atoms with Crippen LogP contribution in [0.25, 0.3) is 0 Å². The lowest BCUT2D eigenvalue weighted by molar-refractivity contribution is 0.141. The molecule has 0 radical (unpaired) electrons. The number of methoxy groups -OCH3 is 1. The maximum Gasteiger partial charge on any atom is 0.180 e. The molecule has 2 aromatic rings. The number of rotatable bonds is 7. The summed E-state index contributed by atoms with van der Waals surface area (Å²) >= 11 is 6.88. The van der Waals surface area contributed by atoms with Crippen LogP contribution < -0.4 is 5.73 Å². The van der Waals surface area contributed by atoms with Crippen molar-refractivity contribution in [2.24, 2.45) is 0 Å². The molecular formula is C12H17BrClN3OS2. The van der Waals surface area contributed by atoms with E-state index >= 15 is 0 Å². The van der Waals surface area contributed by atoms with Gasteiger partial charge in [0.05, 0.1) is 6.61 Å². The second-order valence-corrected chi connectivity index (χ2v) is 7.06. The number of thiazole rings is 1. The third kappa shape index (κ3) is 5.31. The molecule has 0 bridgehead atoms. The molecular weight excluding hydrogens is 382 g/mol. The number of halogens is 2. The van der Waals surface area contributed by atoms with Crippen LogP contribution in [0.4, 0.5) is 5.13 Å². The van der Waals surface area contributed by atoms with Gasteiger partial charge in [0.2, 0.25) is 0 Å². The Morgan fingerprint density at radius 2 is 2.25 bits per heavy atom. The van der Waals surface area contributed by atoms with Crippen LogP contribution in [-0.4, -0.2) is 30.1 Å². The lowest BCUT2D eigenvalue weighted by Gasteiger charge is -2.20. The Hall–Kier alpha value is -0.180. The Morgan fingerprint density at radius 1 is 1.45 bits per heavy atom. The van der Waals surface area contributed by atoms with Gasteiger partial charge in [0, 0.05) is 47.2 Å². The van der Waals surface area contributed by atoms with E-state index in [1.54, 1.807) is 29.8 Å². The Morgan fingerprint density at radius 3 is 2.80 bits per heavy atom. The lowest BCUT2D eigenvalue weighted by Crippen LogP contribution is -2.26. The van der Waals surface area contributed by atoms with Crippen molar-refractivity contribution in [1.82, 2.24) is 9.88 Å². The second kappa shape index (κ2) is 8.96. The van der Waals surface area contributed by atoms with Crippen LogP contribution in [0.5, 0.6) is 0 Å². The predicted molar refractivity (Wildman–Crippen MR) is 91.8 cm³/mol. The smallest absolute Gasteiger partial charge is 0.180 e. The summed E-state index contributed by atoms with van der Waals surface area (Å²) in [5.41, 5.74) is 5.67. The number of nitrogens with two attached hydrogens (primary N) is 1. The normalized spacial score (nSPS) is 10.8. The summed E-state index contributed by atoms with van der Waals surface area (Å²) in [5.74, 6) is 0. The molecule has 8 heteroatoms. The molecule has 2 N–H and O–H groups in total. The second-order valence-electron chi connectivity index (χ2n) is 4.06. The van der Waals surface area contributed by atoms with Crippen molar-refractivity contribution in [2.45, 2.75) is 13.1 Å². The van der Waals surface area contributed by atoms with Gasteiger partial charge in [-0.2, -0.15) is 0 Å². The van der Waals surface area contributed by atoms with Gasteiger partial charge in [-0.1, -0.05) is 0 Å². The van der Waals surface area contributed by atoms with Gasteiger partial charge in [0.1, 0.15) is 0 Å². The molecule has 0 saturated heterocycles. The van der Waals surface area contributed by atoms with Crippen molar-refractivity contribution in [3.63, 3.8) is 0 Å². The predicted octanol–water partition coefficient (Wildman–Crippen LogP) is 3.62. The number of nitrogens with zero attached hydrogens (tertiary/aromatic N) is 2. The van der Waals surface area contributed by atoms with Crippen LogP contribution in [0.3, 0.4) is 0 Å². The molecule has 20 heavy (non-hydrogen) atoms. The molecule has 0 saturated carbocycles. The van der Waals surface area contributed by atoms with Crippen LogP contribution in [0, 0.1) is 0 Å². The average molecular weight is 399 g/mol. The Labute approximate surface area is 141 Å². The van der Waals surface area contributed by atoms with Crippen molar-refractivity contribution < 1.29 is 4.74 Å². The van der Waals surface area contributed by atoms with Gasteiger partial charge >= 0.3 is 0 Å². The third-order valence-electron chi connectivity index (χ3n) is 2.62. The number of thiophene rings is 1. The zero-order valence-corrected chi connectivity index (χ0v) is 15.1. The minimum atomic E-state index is 0. The number of ether oxygens (including phenoxy) is 1. The highest BCUT2D eigenvalue weighted by molar-refractivity contribution is 9.10. The number of hydrogen-bond acceptors (Lipinski definition) is 6. The molecule has 0 unspecified atom stereocenters. The molecule has 0 spiro atoms. The van der Waals surface area contributed by atoms with Crippen LogP contribution in [0.15, 0.2) is 22.1 Å². The Bertz CT molecular complexity index is 520. The van der Waals surface area contributed by atoms with Gasteiger partial charge in [0.25, 0.3) is 0 Å². The van der Waals surface area contributed by atoms with Gasteiger partial charge in [-0.15, -0.1) is 35.1 Å². The molecule has 0 fully saturated rings. The fourth-order valence-corrected chi connectivity index (χ4v) is 3.94. The number of nitrogen functional groups attached to an aromatic ring is 1. The topological polar surface area (TPSA) is 51.4 Å². The fraction of sp³-hybridized carbons (Fsp3) is 0.417. The summed E-state index contributed by atoms with van der Waals surface area (Å²) in [5, 5.41) is 2.72. The summed E-state index contributed by atoms with van der Waals surface area (Å²) in [7, 11) is 1.73. The average Bonchev–Trinajstić information content (AvgIpc) is 2.96.